The molecule has 0 aromatic heterocycles. The van der Waals surface area contributed by atoms with Gasteiger partial charge in [-0.15, -0.1) is 23.5 Å². The summed E-state index contributed by atoms with van der Waals surface area (Å²) in [5, 5.41) is 5.83. The first-order valence-corrected chi connectivity index (χ1v) is 10.4. The molecule has 0 nitrogen and oxygen atoms in total. The second-order valence-electron chi connectivity index (χ2n) is 6.26. The highest BCUT2D eigenvalue weighted by Crippen LogP contribution is 2.31. The van der Waals surface area contributed by atoms with E-state index in [1.165, 1.54) is 31.3 Å². The summed E-state index contributed by atoms with van der Waals surface area (Å²) in [6.45, 7) is 2.31. The minimum atomic E-state index is 0.567. The Morgan fingerprint density at radius 3 is 1.80 bits per heavy atom. The Hall–Kier alpha value is -1.90. The smallest absolute Gasteiger partial charge is 0.0160 e. The van der Waals surface area contributed by atoms with Crippen LogP contribution in [-0.4, -0.2) is 11.0 Å². The number of thioether (sulfide) groups is 2. The molecule has 0 heterocycles. The normalized spacial score (nSPS) is 12.5. The van der Waals surface area contributed by atoms with E-state index >= 15 is 0 Å². The maximum atomic E-state index is 2.31. The summed E-state index contributed by atoms with van der Waals surface area (Å²) in [5.41, 5.74) is 0. The highest BCUT2D eigenvalue weighted by atomic mass is 32.2. The molecule has 2 heteroatoms. The van der Waals surface area contributed by atoms with E-state index in [4.69, 9.17) is 0 Å². The Balaban J connectivity index is 1.41. The molecule has 1 atom stereocenters. The van der Waals surface area contributed by atoms with Crippen LogP contribution in [-0.2, 0) is 0 Å². The first-order chi connectivity index (χ1) is 12.3. The molecule has 0 amide bonds. The molecule has 0 aliphatic heterocycles. The zero-order valence-corrected chi connectivity index (χ0v) is 15.8. The van der Waals surface area contributed by atoms with Gasteiger partial charge in [0.15, 0.2) is 0 Å². The van der Waals surface area contributed by atoms with Crippen LogP contribution in [0, 0.1) is 0 Å². The second-order valence-corrected chi connectivity index (χ2v) is 8.86. The maximum Gasteiger partial charge on any atom is 0.0160 e. The molecule has 0 aliphatic carbocycles. The zero-order valence-electron chi connectivity index (χ0n) is 14.2. The Labute approximate surface area is 157 Å². The van der Waals surface area contributed by atoms with E-state index in [1.807, 2.05) is 23.5 Å². The molecule has 1 unspecified atom stereocenters. The molecule has 0 bridgehead atoms. The van der Waals surface area contributed by atoms with Crippen LogP contribution in [0.5, 0.6) is 0 Å². The average molecular weight is 361 g/mol. The van der Waals surface area contributed by atoms with Gasteiger partial charge in [-0.25, -0.2) is 0 Å². The van der Waals surface area contributed by atoms with Crippen molar-refractivity contribution in [1.29, 1.82) is 0 Å². The standard InChI is InChI=1S/C23H20S2/c1-17(25-23-13-11-19-7-3-5-9-21(19)15-23)16-24-22-12-10-18-6-2-4-8-20(18)14-22/h2-15,17H,16H2,1H3. The Morgan fingerprint density at radius 1 is 0.640 bits per heavy atom. The molecule has 0 fully saturated rings. The van der Waals surface area contributed by atoms with Gasteiger partial charge >= 0.3 is 0 Å². The summed E-state index contributed by atoms with van der Waals surface area (Å²) in [6.07, 6.45) is 0. The predicted octanol–water partition coefficient (Wildman–Crippen LogP) is 7.27. The lowest BCUT2D eigenvalue weighted by Crippen LogP contribution is -1.99. The van der Waals surface area contributed by atoms with E-state index < -0.39 is 0 Å². The van der Waals surface area contributed by atoms with Crippen LogP contribution < -0.4 is 0 Å². The van der Waals surface area contributed by atoms with Gasteiger partial charge in [-0.05, 0) is 45.8 Å². The van der Waals surface area contributed by atoms with Gasteiger partial charge in [-0.1, -0.05) is 67.6 Å². The van der Waals surface area contributed by atoms with Gasteiger partial charge in [0.25, 0.3) is 0 Å². The van der Waals surface area contributed by atoms with E-state index in [2.05, 4.69) is 91.9 Å². The van der Waals surface area contributed by atoms with Gasteiger partial charge in [-0.3, -0.25) is 0 Å². The number of hydrogen-bond donors (Lipinski definition) is 0. The number of rotatable bonds is 5. The largest absolute Gasteiger partial charge is 0.125 e. The Kier molecular flexibility index (Phi) is 5.00. The average Bonchev–Trinajstić information content (AvgIpc) is 2.66. The van der Waals surface area contributed by atoms with E-state index in [1.54, 1.807) is 0 Å². The second kappa shape index (κ2) is 7.55. The molecule has 25 heavy (non-hydrogen) atoms. The SMILES string of the molecule is CC(CSc1ccc2ccccc2c1)Sc1ccc2ccccc2c1. The minimum Gasteiger partial charge on any atom is -0.125 e. The lowest BCUT2D eigenvalue weighted by atomic mass is 10.1. The van der Waals surface area contributed by atoms with Crippen molar-refractivity contribution in [2.75, 3.05) is 5.75 Å². The van der Waals surface area contributed by atoms with E-state index in [0.29, 0.717) is 5.25 Å². The molecule has 4 aromatic carbocycles. The lowest BCUT2D eigenvalue weighted by molar-refractivity contribution is 1.12. The summed E-state index contributed by atoms with van der Waals surface area (Å²) in [6, 6.07) is 30.6. The van der Waals surface area contributed by atoms with Crippen LogP contribution >= 0.6 is 23.5 Å². The molecule has 4 aromatic rings. The molecule has 0 aliphatic rings. The molecule has 0 saturated carbocycles. The van der Waals surface area contributed by atoms with Gasteiger partial charge in [0.1, 0.15) is 0 Å². The van der Waals surface area contributed by atoms with Crippen molar-refractivity contribution in [3.8, 4) is 0 Å². The van der Waals surface area contributed by atoms with Gasteiger partial charge < -0.3 is 0 Å². The van der Waals surface area contributed by atoms with Gasteiger partial charge in [-0.2, -0.15) is 0 Å². The van der Waals surface area contributed by atoms with Gasteiger partial charge in [0.05, 0.1) is 0 Å². The number of benzene rings is 4. The van der Waals surface area contributed by atoms with Crippen LogP contribution in [0.4, 0.5) is 0 Å². The summed E-state index contributed by atoms with van der Waals surface area (Å²) in [7, 11) is 0. The van der Waals surface area contributed by atoms with E-state index in [0.717, 1.165) is 5.75 Å². The highest BCUT2D eigenvalue weighted by Gasteiger charge is 2.07. The van der Waals surface area contributed by atoms with Crippen molar-refractivity contribution in [2.24, 2.45) is 0 Å². The lowest BCUT2D eigenvalue weighted by Gasteiger charge is -2.12. The molecule has 0 radical (unpaired) electrons. The molecular formula is C23H20S2. The van der Waals surface area contributed by atoms with Crippen LogP contribution in [0.25, 0.3) is 21.5 Å². The van der Waals surface area contributed by atoms with Crippen molar-refractivity contribution < 1.29 is 0 Å². The molecule has 124 valence electrons. The molecule has 0 N–H and O–H groups in total. The van der Waals surface area contributed by atoms with Gasteiger partial charge in [0.2, 0.25) is 0 Å². The maximum absolute atomic E-state index is 2.31. The molecular weight excluding hydrogens is 340 g/mol. The fourth-order valence-electron chi connectivity index (χ4n) is 2.98. The van der Waals surface area contributed by atoms with Crippen LogP contribution in [0.1, 0.15) is 6.92 Å². The quantitative estimate of drug-likeness (QED) is 0.343. The summed E-state index contributed by atoms with van der Waals surface area (Å²) in [5.74, 6) is 1.11. The molecule has 0 spiro atoms. The van der Waals surface area contributed by atoms with Crippen LogP contribution in [0.3, 0.4) is 0 Å². The van der Waals surface area contributed by atoms with Crippen LogP contribution in [0.15, 0.2) is 94.7 Å². The fraction of sp³-hybridized carbons (Fsp3) is 0.130. The number of hydrogen-bond acceptors (Lipinski definition) is 2. The third-order valence-electron chi connectivity index (χ3n) is 4.26. The first kappa shape index (κ1) is 16.6. The van der Waals surface area contributed by atoms with Crippen molar-refractivity contribution in [3.05, 3.63) is 84.9 Å². The zero-order chi connectivity index (χ0) is 17.1. The third-order valence-corrected chi connectivity index (χ3v) is 6.82. The predicted molar refractivity (Wildman–Crippen MR) is 114 cm³/mol. The topological polar surface area (TPSA) is 0 Å². The minimum absolute atomic E-state index is 0.567. The first-order valence-electron chi connectivity index (χ1n) is 8.55. The van der Waals surface area contributed by atoms with Crippen molar-refractivity contribution in [1.82, 2.24) is 0 Å². The highest BCUT2D eigenvalue weighted by molar-refractivity contribution is 8.03. The fourth-order valence-corrected chi connectivity index (χ4v) is 5.06. The third kappa shape index (κ3) is 4.02. The monoisotopic (exact) mass is 360 g/mol. The molecule has 4 rings (SSSR count). The summed E-state index contributed by atoms with van der Waals surface area (Å²) < 4.78 is 0. The summed E-state index contributed by atoms with van der Waals surface area (Å²) in [4.78, 5) is 2.70. The number of fused-ring (bicyclic) bond motifs is 2. The van der Waals surface area contributed by atoms with E-state index in [9.17, 15) is 0 Å². The van der Waals surface area contributed by atoms with E-state index in [-0.39, 0.29) is 0 Å². The van der Waals surface area contributed by atoms with Crippen molar-refractivity contribution >= 4 is 45.1 Å². The van der Waals surface area contributed by atoms with Gasteiger partial charge in [0, 0.05) is 20.8 Å². The van der Waals surface area contributed by atoms with Crippen LogP contribution in [0.2, 0.25) is 0 Å². The Bertz CT molecular complexity index is 1010. The Morgan fingerprint density at radius 2 is 1.16 bits per heavy atom. The summed E-state index contributed by atoms with van der Waals surface area (Å²) >= 11 is 3.91. The van der Waals surface area contributed by atoms with Crippen molar-refractivity contribution in [2.45, 2.75) is 22.0 Å². The van der Waals surface area contributed by atoms with Crippen molar-refractivity contribution in [3.63, 3.8) is 0 Å². The molecule has 0 saturated heterocycles.